The van der Waals surface area contributed by atoms with Gasteiger partial charge in [0.2, 0.25) is 5.16 Å². The number of carbonyl (C=O) groups excluding carboxylic acids is 2. The lowest BCUT2D eigenvalue weighted by Crippen LogP contribution is -2.46. The number of nitrogens with one attached hydrogen (secondary N) is 2. The molecule has 3 heterocycles. The first-order valence-corrected chi connectivity index (χ1v) is 10.8. The van der Waals surface area contributed by atoms with Crippen LogP contribution in [0.1, 0.15) is 29.9 Å². The number of amides is 2. The van der Waals surface area contributed by atoms with Gasteiger partial charge in [0.05, 0.1) is 18.2 Å². The standard InChI is InChI=1S/C21H22N6O3S/c1-4-30-18(28)16-15(23-20(29)24-17(16)14-8-6-5-7-9-14)11-31-21-25-19-22-12(2)10-13(3)27(19)26-21/h5-10,17H,4,11H2,1-3H3,(H2,23,24,29)/t17-/m0/s1. The summed E-state index contributed by atoms with van der Waals surface area (Å²) in [5.41, 5.74) is 3.42. The van der Waals surface area contributed by atoms with E-state index in [0.29, 0.717) is 28.0 Å². The van der Waals surface area contributed by atoms with Crippen LogP contribution in [0.15, 0.2) is 52.8 Å². The minimum Gasteiger partial charge on any atom is -0.463 e. The highest BCUT2D eigenvalue weighted by Crippen LogP contribution is 2.30. The fraction of sp³-hybridized carbons (Fsp3) is 0.286. The average Bonchev–Trinajstić information content (AvgIpc) is 3.16. The Kier molecular flexibility index (Phi) is 5.90. The van der Waals surface area contributed by atoms with Crippen molar-refractivity contribution in [1.29, 1.82) is 0 Å². The number of thioether (sulfide) groups is 1. The molecule has 4 rings (SSSR count). The summed E-state index contributed by atoms with van der Waals surface area (Å²) in [4.78, 5) is 34.0. The highest BCUT2D eigenvalue weighted by molar-refractivity contribution is 7.99. The van der Waals surface area contributed by atoms with Crippen LogP contribution in [-0.4, -0.2) is 43.9 Å². The molecule has 1 aromatic carbocycles. The summed E-state index contributed by atoms with van der Waals surface area (Å²) in [6.45, 7) is 5.82. The number of hydrogen-bond acceptors (Lipinski definition) is 7. The molecule has 3 aromatic rings. The lowest BCUT2D eigenvalue weighted by molar-refractivity contribution is -0.139. The number of esters is 1. The maximum absolute atomic E-state index is 12.8. The smallest absolute Gasteiger partial charge is 0.338 e. The van der Waals surface area contributed by atoms with Gasteiger partial charge in [-0.05, 0) is 32.4 Å². The van der Waals surface area contributed by atoms with Gasteiger partial charge in [0.25, 0.3) is 5.78 Å². The molecule has 0 spiro atoms. The maximum atomic E-state index is 12.8. The number of urea groups is 1. The van der Waals surface area contributed by atoms with Crippen LogP contribution in [0.5, 0.6) is 0 Å². The summed E-state index contributed by atoms with van der Waals surface area (Å²) in [5, 5.41) is 10.6. The van der Waals surface area contributed by atoms with Crippen LogP contribution in [0.2, 0.25) is 0 Å². The van der Waals surface area contributed by atoms with Crippen molar-refractivity contribution in [2.75, 3.05) is 12.4 Å². The van der Waals surface area contributed by atoms with E-state index in [1.165, 1.54) is 11.8 Å². The Morgan fingerprint density at radius 2 is 2.00 bits per heavy atom. The van der Waals surface area contributed by atoms with E-state index in [4.69, 9.17) is 4.74 Å². The van der Waals surface area contributed by atoms with Crippen LogP contribution in [0, 0.1) is 13.8 Å². The van der Waals surface area contributed by atoms with Crippen molar-refractivity contribution in [3.8, 4) is 0 Å². The molecule has 0 saturated carbocycles. The van der Waals surface area contributed by atoms with Gasteiger partial charge < -0.3 is 15.4 Å². The normalized spacial score (nSPS) is 16.2. The zero-order chi connectivity index (χ0) is 22.0. The van der Waals surface area contributed by atoms with Gasteiger partial charge >= 0.3 is 12.0 Å². The topological polar surface area (TPSA) is 111 Å². The number of rotatable bonds is 6. The van der Waals surface area contributed by atoms with Gasteiger partial charge in [-0.25, -0.2) is 19.1 Å². The Hall–Kier alpha value is -3.40. The molecular formula is C21H22N6O3S. The van der Waals surface area contributed by atoms with Crippen molar-refractivity contribution >= 4 is 29.5 Å². The first kappa shape index (κ1) is 20.9. The van der Waals surface area contributed by atoms with E-state index in [1.807, 2.05) is 50.2 Å². The third-order valence-electron chi connectivity index (χ3n) is 4.73. The first-order valence-electron chi connectivity index (χ1n) is 9.82. The van der Waals surface area contributed by atoms with Crippen molar-refractivity contribution in [2.45, 2.75) is 32.0 Å². The second kappa shape index (κ2) is 8.76. The second-order valence-electron chi connectivity index (χ2n) is 6.99. The van der Waals surface area contributed by atoms with Crippen molar-refractivity contribution in [1.82, 2.24) is 30.2 Å². The number of carbonyl (C=O) groups is 2. The van der Waals surface area contributed by atoms with Gasteiger partial charge in [0.15, 0.2) is 0 Å². The van der Waals surface area contributed by atoms with Crippen molar-refractivity contribution in [3.63, 3.8) is 0 Å². The predicted octanol–water partition coefficient (Wildman–Crippen LogP) is 2.70. The molecule has 0 unspecified atom stereocenters. The minimum absolute atomic E-state index is 0.233. The molecule has 0 saturated heterocycles. The fourth-order valence-electron chi connectivity index (χ4n) is 3.42. The molecule has 0 radical (unpaired) electrons. The highest BCUT2D eigenvalue weighted by Gasteiger charge is 2.33. The van der Waals surface area contributed by atoms with E-state index < -0.39 is 12.0 Å². The molecule has 0 bridgehead atoms. The lowest BCUT2D eigenvalue weighted by Gasteiger charge is -2.29. The maximum Gasteiger partial charge on any atom is 0.338 e. The molecule has 0 aliphatic carbocycles. The number of ether oxygens (including phenoxy) is 1. The van der Waals surface area contributed by atoms with Crippen LogP contribution in [0.25, 0.3) is 5.78 Å². The number of fused-ring (bicyclic) bond motifs is 1. The van der Waals surface area contributed by atoms with Crippen LogP contribution in [0.4, 0.5) is 4.79 Å². The Morgan fingerprint density at radius 3 is 2.74 bits per heavy atom. The zero-order valence-electron chi connectivity index (χ0n) is 17.4. The first-order chi connectivity index (χ1) is 15.0. The molecule has 2 N–H and O–H groups in total. The molecule has 2 amide bonds. The van der Waals surface area contributed by atoms with E-state index in [2.05, 4.69) is 25.7 Å². The Morgan fingerprint density at radius 1 is 1.23 bits per heavy atom. The highest BCUT2D eigenvalue weighted by atomic mass is 32.2. The largest absolute Gasteiger partial charge is 0.463 e. The summed E-state index contributed by atoms with van der Waals surface area (Å²) >= 11 is 1.31. The lowest BCUT2D eigenvalue weighted by atomic mass is 9.95. The molecular weight excluding hydrogens is 416 g/mol. The average molecular weight is 439 g/mol. The van der Waals surface area contributed by atoms with Crippen molar-refractivity contribution in [3.05, 3.63) is 64.6 Å². The molecule has 0 fully saturated rings. The molecule has 1 atom stereocenters. The molecule has 1 aliphatic heterocycles. The number of aromatic nitrogens is 4. The predicted molar refractivity (Wildman–Crippen MR) is 115 cm³/mol. The molecule has 160 valence electrons. The van der Waals surface area contributed by atoms with Crippen LogP contribution >= 0.6 is 11.8 Å². The van der Waals surface area contributed by atoms with Gasteiger partial charge in [-0.15, -0.1) is 5.10 Å². The molecule has 31 heavy (non-hydrogen) atoms. The molecule has 1 aliphatic rings. The van der Waals surface area contributed by atoms with Crippen LogP contribution in [-0.2, 0) is 9.53 Å². The van der Waals surface area contributed by atoms with Gasteiger partial charge in [-0.3, -0.25) is 0 Å². The summed E-state index contributed by atoms with van der Waals surface area (Å²) in [7, 11) is 0. The van der Waals surface area contributed by atoms with E-state index in [-0.39, 0.29) is 12.6 Å². The van der Waals surface area contributed by atoms with Gasteiger partial charge in [-0.1, -0.05) is 42.1 Å². The quantitative estimate of drug-likeness (QED) is 0.450. The zero-order valence-corrected chi connectivity index (χ0v) is 18.2. The number of nitrogens with zero attached hydrogens (tertiary/aromatic N) is 4. The second-order valence-corrected chi connectivity index (χ2v) is 7.93. The fourth-order valence-corrected chi connectivity index (χ4v) is 4.21. The van der Waals surface area contributed by atoms with Gasteiger partial charge in [-0.2, -0.15) is 4.98 Å². The summed E-state index contributed by atoms with van der Waals surface area (Å²) in [5.74, 6) is 0.325. The molecule has 2 aromatic heterocycles. The van der Waals surface area contributed by atoms with Crippen molar-refractivity contribution < 1.29 is 14.3 Å². The summed E-state index contributed by atoms with van der Waals surface area (Å²) < 4.78 is 6.96. The molecule has 9 nitrogen and oxygen atoms in total. The van der Waals surface area contributed by atoms with Crippen LogP contribution < -0.4 is 10.6 Å². The van der Waals surface area contributed by atoms with E-state index in [0.717, 1.165) is 17.0 Å². The van der Waals surface area contributed by atoms with Crippen LogP contribution in [0.3, 0.4) is 0 Å². The van der Waals surface area contributed by atoms with Gasteiger partial charge in [0, 0.05) is 22.8 Å². The van der Waals surface area contributed by atoms with Gasteiger partial charge in [0.1, 0.15) is 0 Å². The number of benzene rings is 1. The Balaban J connectivity index is 1.68. The summed E-state index contributed by atoms with van der Waals surface area (Å²) in [6, 6.07) is 10.3. The van der Waals surface area contributed by atoms with Crippen molar-refractivity contribution in [2.24, 2.45) is 0 Å². The third-order valence-corrected chi connectivity index (χ3v) is 5.59. The Bertz CT molecular complexity index is 1170. The SMILES string of the molecule is CCOC(=O)C1=C(CSc2nc3nc(C)cc(C)n3n2)NC(=O)N[C@H]1c1ccccc1. The monoisotopic (exact) mass is 438 g/mol. The Labute approximate surface area is 183 Å². The number of aryl methyl sites for hydroxylation is 2. The van der Waals surface area contributed by atoms with E-state index in [1.54, 1.807) is 11.4 Å². The molecule has 10 heteroatoms. The third kappa shape index (κ3) is 4.38. The summed E-state index contributed by atoms with van der Waals surface area (Å²) in [6.07, 6.45) is 0. The number of hydrogen-bond donors (Lipinski definition) is 2. The van der Waals surface area contributed by atoms with E-state index in [9.17, 15) is 9.59 Å². The van der Waals surface area contributed by atoms with E-state index >= 15 is 0 Å². The minimum atomic E-state index is -0.606.